The molecule has 0 aromatic carbocycles. The molecule has 2 N–H and O–H groups in total. The number of amides is 2. The lowest BCUT2D eigenvalue weighted by molar-refractivity contribution is -0.153. The first kappa shape index (κ1) is 24.8. The van der Waals surface area contributed by atoms with Crippen molar-refractivity contribution in [1.82, 2.24) is 15.6 Å². The minimum atomic E-state index is -1.01. The van der Waals surface area contributed by atoms with Crippen LogP contribution in [0.25, 0.3) is 0 Å². The predicted molar refractivity (Wildman–Crippen MR) is 130 cm³/mol. The summed E-state index contributed by atoms with van der Waals surface area (Å²) in [4.78, 5) is 47.8. The summed E-state index contributed by atoms with van der Waals surface area (Å²) in [7, 11) is 0. The molecular weight excluding hydrogens is 468 g/mol. The Labute approximate surface area is 201 Å². The van der Waals surface area contributed by atoms with E-state index in [0.29, 0.717) is 28.7 Å². The number of rotatable bonds is 4. The highest BCUT2D eigenvalue weighted by molar-refractivity contribution is 8.14. The normalized spacial score (nSPS) is 27.3. The highest BCUT2D eigenvalue weighted by Gasteiger charge is 2.41. The third-order valence-electron chi connectivity index (χ3n) is 5.04. The molecule has 4 bridgehead atoms. The number of nitrogens with zero attached hydrogens (tertiary/aromatic N) is 2. The Balaban J connectivity index is 1.92. The van der Waals surface area contributed by atoms with Crippen molar-refractivity contribution < 1.29 is 19.1 Å². The van der Waals surface area contributed by atoms with Gasteiger partial charge in [-0.25, -0.2) is 9.78 Å². The molecule has 174 valence electrons. The number of thiazole rings is 1. The lowest BCUT2D eigenvalue weighted by Crippen LogP contribution is -2.53. The van der Waals surface area contributed by atoms with Crippen LogP contribution in [0.1, 0.15) is 44.3 Å². The third kappa shape index (κ3) is 6.14. The van der Waals surface area contributed by atoms with Gasteiger partial charge in [-0.05, 0) is 31.1 Å². The lowest BCUT2D eigenvalue weighted by atomic mass is 10.0. The molecule has 0 aliphatic carbocycles. The Kier molecular flexibility index (Phi) is 8.40. The quantitative estimate of drug-likeness (QED) is 0.335. The van der Waals surface area contributed by atoms with Gasteiger partial charge in [0.1, 0.15) is 33.4 Å². The topological polar surface area (TPSA) is 110 Å². The van der Waals surface area contributed by atoms with Gasteiger partial charge >= 0.3 is 5.97 Å². The molecule has 32 heavy (non-hydrogen) atoms. The molecule has 0 radical (unpaired) electrons. The summed E-state index contributed by atoms with van der Waals surface area (Å²) < 4.78 is 5.65. The summed E-state index contributed by atoms with van der Waals surface area (Å²) in [5.41, 5.74) is -0.311. The maximum atomic E-state index is 13.1. The molecule has 2 aliphatic rings. The number of nitrogens with one attached hydrogen (secondary N) is 2. The van der Waals surface area contributed by atoms with Crippen LogP contribution in [0.3, 0.4) is 0 Å². The fourth-order valence-corrected chi connectivity index (χ4v) is 5.23. The first-order valence-electron chi connectivity index (χ1n) is 10.4. The highest BCUT2D eigenvalue weighted by Crippen LogP contribution is 2.32. The average molecular weight is 497 g/mol. The number of esters is 1. The van der Waals surface area contributed by atoms with Crippen LogP contribution in [0.4, 0.5) is 0 Å². The molecule has 8 nitrogen and oxygen atoms in total. The number of hydrogen-bond donors (Lipinski definition) is 3. The maximum Gasteiger partial charge on any atom is 0.329 e. The minimum absolute atomic E-state index is 0.0217. The van der Waals surface area contributed by atoms with E-state index in [2.05, 4.69) is 33.2 Å². The van der Waals surface area contributed by atoms with Crippen molar-refractivity contribution in [2.45, 2.75) is 57.8 Å². The van der Waals surface area contributed by atoms with Crippen molar-refractivity contribution in [2.75, 3.05) is 11.5 Å². The van der Waals surface area contributed by atoms with E-state index in [1.54, 1.807) is 13.0 Å². The number of carbonyl (C=O) groups excluding carboxylic acids is 3. The van der Waals surface area contributed by atoms with E-state index in [1.807, 2.05) is 25.3 Å². The van der Waals surface area contributed by atoms with Crippen molar-refractivity contribution in [2.24, 2.45) is 10.9 Å². The number of thiol groups is 1. The largest absolute Gasteiger partial charge is 0.456 e. The van der Waals surface area contributed by atoms with Gasteiger partial charge in [-0.15, -0.1) is 23.1 Å². The Bertz CT molecular complexity index is 930. The van der Waals surface area contributed by atoms with Crippen LogP contribution in [-0.2, 0) is 25.7 Å². The van der Waals surface area contributed by atoms with Gasteiger partial charge in [0.05, 0.1) is 13.0 Å². The zero-order valence-corrected chi connectivity index (χ0v) is 20.8. The second-order valence-electron chi connectivity index (χ2n) is 8.20. The van der Waals surface area contributed by atoms with Crippen LogP contribution in [0.15, 0.2) is 22.5 Å². The molecule has 11 heteroatoms. The van der Waals surface area contributed by atoms with Crippen molar-refractivity contribution in [3.63, 3.8) is 0 Å². The van der Waals surface area contributed by atoms with Crippen LogP contribution >= 0.6 is 35.7 Å². The van der Waals surface area contributed by atoms with Gasteiger partial charge in [0, 0.05) is 11.1 Å². The van der Waals surface area contributed by atoms with E-state index < -0.39 is 23.7 Å². The van der Waals surface area contributed by atoms with E-state index in [9.17, 15) is 14.4 Å². The average Bonchev–Trinajstić information content (AvgIpc) is 3.37. The number of cyclic esters (lactones) is 1. The molecule has 1 aromatic heterocycles. The SMILES string of the molecule is CC(C)[C@H]1NC(=O)[C@@]2(C)CSC(=N2)c2csc(n2)CNC(=O)CC(/C=C/CCS)OC1=O. The van der Waals surface area contributed by atoms with Gasteiger partial charge in [0.2, 0.25) is 11.8 Å². The monoisotopic (exact) mass is 496 g/mol. The van der Waals surface area contributed by atoms with Crippen LogP contribution in [0.5, 0.6) is 0 Å². The number of allylic oxidation sites excluding steroid dienone is 1. The summed E-state index contributed by atoms with van der Waals surface area (Å²) in [6.45, 7) is 5.69. The van der Waals surface area contributed by atoms with Crippen LogP contribution < -0.4 is 10.6 Å². The van der Waals surface area contributed by atoms with Crippen molar-refractivity contribution >= 4 is 58.6 Å². The van der Waals surface area contributed by atoms with E-state index >= 15 is 0 Å². The van der Waals surface area contributed by atoms with Gasteiger partial charge in [-0.1, -0.05) is 19.9 Å². The summed E-state index contributed by atoms with van der Waals surface area (Å²) >= 11 is 7.06. The molecule has 0 spiro atoms. The first-order chi connectivity index (χ1) is 15.2. The number of aromatic nitrogens is 1. The molecule has 0 saturated heterocycles. The summed E-state index contributed by atoms with van der Waals surface area (Å²) in [6.07, 6.45) is 3.44. The standard InChI is InChI=1S/C21H28N4O4S3/c1-12(2)17-19(27)29-13(6-4-5-7-30)8-15(26)22-9-16-23-14(10-31-16)18-25-21(3,11-32-18)20(28)24-17/h4,6,10,12-13,17,30H,5,7-9,11H2,1-3H3,(H,22,26)(H,24,28)/b6-4+/t13?,17-,21-/m1/s1. The van der Waals surface area contributed by atoms with Crippen molar-refractivity contribution in [1.29, 1.82) is 0 Å². The molecule has 0 fully saturated rings. The molecular formula is C21H28N4O4S3. The van der Waals surface area contributed by atoms with E-state index in [4.69, 9.17) is 4.74 Å². The fraction of sp³-hybridized carbons (Fsp3) is 0.571. The second kappa shape index (κ2) is 10.8. The summed E-state index contributed by atoms with van der Waals surface area (Å²) in [6, 6.07) is -0.855. The van der Waals surface area contributed by atoms with Crippen LogP contribution in [0.2, 0.25) is 0 Å². The molecule has 3 heterocycles. The predicted octanol–water partition coefficient (Wildman–Crippen LogP) is 2.34. The number of carbonyl (C=O) groups is 3. The van der Waals surface area contributed by atoms with Gasteiger partial charge in [-0.3, -0.25) is 14.6 Å². The highest BCUT2D eigenvalue weighted by atomic mass is 32.2. The molecule has 1 aromatic rings. The van der Waals surface area contributed by atoms with Crippen LogP contribution in [0, 0.1) is 5.92 Å². The lowest BCUT2D eigenvalue weighted by Gasteiger charge is -2.27. The van der Waals surface area contributed by atoms with Gasteiger partial charge in [-0.2, -0.15) is 12.6 Å². The van der Waals surface area contributed by atoms with Gasteiger partial charge < -0.3 is 15.4 Å². The van der Waals surface area contributed by atoms with Crippen molar-refractivity contribution in [3.8, 4) is 0 Å². The molecule has 2 amide bonds. The van der Waals surface area contributed by atoms with E-state index in [0.717, 1.165) is 5.01 Å². The number of thioether (sulfide) groups is 1. The smallest absolute Gasteiger partial charge is 0.329 e. The fourth-order valence-electron chi connectivity index (χ4n) is 3.15. The van der Waals surface area contributed by atoms with Crippen molar-refractivity contribution in [3.05, 3.63) is 28.2 Å². The number of aliphatic imine (C=N–C) groups is 1. The molecule has 3 atom stereocenters. The summed E-state index contributed by atoms with van der Waals surface area (Å²) in [5.74, 6) is -0.282. The van der Waals surface area contributed by atoms with Gasteiger partial charge in [0.15, 0.2) is 0 Å². The van der Waals surface area contributed by atoms with E-state index in [-0.39, 0.29) is 30.7 Å². The Morgan fingerprint density at radius 1 is 1.38 bits per heavy atom. The Hall–Kier alpha value is -1.85. The molecule has 1 unspecified atom stereocenters. The first-order valence-corrected chi connectivity index (χ1v) is 12.9. The minimum Gasteiger partial charge on any atom is -0.456 e. The second-order valence-corrected chi connectivity index (χ2v) is 10.6. The van der Waals surface area contributed by atoms with E-state index in [1.165, 1.54) is 23.1 Å². The van der Waals surface area contributed by atoms with Crippen LogP contribution in [-0.4, -0.2) is 57.0 Å². The maximum absolute atomic E-state index is 13.1. The Morgan fingerprint density at radius 2 is 2.16 bits per heavy atom. The molecule has 3 rings (SSSR count). The number of hydrogen-bond acceptors (Lipinski definition) is 9. The number of fused-ring (bicyclic) bond motifs is 4. The zero-order valence-electron chi connectivity index (χ0n) is 18.3. The molecule has 2 aliphatic heterocycles. The molecule has 0 saturated carbocycles. The zero-order chi connectivity index (χ0) is 23.3. The Morgan fingerprint density at radius 3 is 2.88 bits per heavy atom. The number of ether oxygens (including phenoxy) is 1. The summed E-state index contributed by atoms with van der Waals surface area (Å²) in [5, 5.41) is 8.96. The van der Waals surface area contributed by atoms with Gasteiger partial charge in [0.25, 0.3) is 0 Å². The third-order valence-corrected chi connectivity index (χ3v) is 7.43.